The van der Waals surface area contributed by atoms with Crippen LogP contribution in [-0.2, 0) is 6.61 Å². The minimum Gasteiger partial charge on any atom is -0.473 e. The van der Waals surface area contributed by atoms with Crippen LogP contribution < -0.4 is 10.1 Å². The number of nitrogens with one attached hydrogen (secondary N) is 1. The Balaban J connectivity index is 1.95. The van der Waals surface area contributed by atoms with Gasteiger partial charge in [-0.15, -0.1) is 0 Å². The Bertz CT molecular complexity index is 531. The lowest BCUT2D eigenvalue weighted by Crippen LogP contribution is -2.03. The van der Waals surface area contributed by atoms with Crippen molar-refractivity contribution < 1.29 is 4.74 Å². The number of rotatable bonds is 6. The normalized spacial score (nSPS) is 10.2. The summed E-state index contributed by atoms with van der Waals surface area (Å²) >= 11 is 3.45. The van der Waals surface area contributed by atoms with Crippen LogP contribution in [0.3, 0.4) is 0 Å². The smallest absolute Gasteiger partial charge is 0.215 e. The molecular formula is C15H17BrN2O. The van der Waals surface area contributed by atoms with Crippen LogP contribution in [0.4, 0.5) is 5.82 Å². The first kappa shape index (κ1) is 13.9. The van der Waals surface area contributed by atoms with Crippen LogP contribution in [0.1, 0.15) is 18.9 Å². The van der Waals surface area contributed by atoms with E-state index >= 15 is 0 Å². The number of hydrogen-bond acceptors (Lipinski definition) is 3. The summed E-state index contributed by atoms with van der Waals surface area (Å²) in [6.07, 6.45) is 1.07. The first-order valence-electron chi connectivity index (χ1n) is 6.36. The Hall–Kier alpha value is -1.55. The number of aromatic nitrogens is 1. The molecule has 4 heteroatoms. The first-order chi connectivity index (χ1) is 9.28. The van der Waals surface area contributed by atoms with Gasteiger partial charge >= 0.3 is 0 Å². The zero-order valence-electron chi connectivity index (χ0n) is 10.9. The van der Waals surface area contributed by atoms with Crippen molar-refractivity contribution >= 4 is 21.7 Å². The van der Waals surface area contributed by atoms with Gasteiger partial charge in [-0.1, -0.05) is 41.1 Å². The standard InChI is InChI=1S/C15H17BrN2O/c1-2-9-17-14-7-4-8-15(18-14)19-11-12-5-3-6-13(16)10-12/h3-8,10H,2,9,11H2,1H3,(H,17,18). The van der Waals surface area contributed by atoms with Gasteiger partial charge in [-0.2, -0.15) is 4.98 Å². The van der Waals surface area contributed by atoms with Gasteiger partial charge in [0, 0.05) is 17.1 Å². The van der Waals surface area contributed by atoms with Crippen LogP contribution in [0.2, 0.25) is 0 Å². The Kier molecular flexibility index (Phi) is 5.21. The van der Waals surface area contributed by atoms with E-state index in [9.17, 15) is 0 Å². The molecule has 0 aliphatic rings. The van der Waals surface area contributed by atoms with E-state index in [0.29, 0.717) is 12.5 Å². The second kappa shape index (κ2) is 7.14. The molecule has 0 saturated heterocycles. The lowest BCUT2D eigenvalue weighted by Gasteiger charge is -2.08. The van der Waals surface area contributed by atoms with Crippen molar-refractivity contribution in [1.82, 2.24) is 4.98 Å². The van der Waals surface area contributed by atoms with Gasteiger partial charge in [-0.25, -0.2) is 0 Å². The summed E-state index contributed by atoms with van der Waals surface area (Å²) in [4.78, 5) is 4.40. The highest BCUT2D eigenvalue weighted by atomic mass is 79.9. The van der Waals surface area contributed by atoms with Crippen LogP contribution in [0.5, 0.6) is 5.88 Å². The average molecular weight is 321 g/mol. The van der Waals surface area contributed by atoms with Gasteiger partial charge in [0.05, 0.1) is 0 Å². The number of ether oxygens (including phenoxy) is 1. The molecule has 0 atom stereocenters. The lowest BCUT2D eigenvalue weighted by atomic mass is 10.2. The summed E-state index contributed by atoms with van der Waals surface area (Å²) in [5.74, 6) is 1.50. The van der Waals surface area contributed by atoms with Gasteiger partial charge in [0.2, 0.25) is 5.88 Å². The van der Waals surface area contributed by atoms with E-state index in [1.54, 1.807) is 0 Å². The lowest BCUT2D eigenvalue weighted by molar-refractivity contribution is 0.294. The maximum Gasteiger partial charge on any atom is 0.215 e. The molecule has 2 aromatic rings. The number of benzene rings is 1. The van der Waals surface area contributed by atoms with Crippen molar-refractivity contribution in [2.24, 2.45) is 0 Å². The Morgan fingerprint density at radius 3 is 2.84 bits per heavy atom. The van der Waals surface area contributed by atoms with E-state index in [0.717, 1.165) is 28.8 Å². The molecule has 0 aliphatic carbocycles. The Morgan fingerprint density at radius 2 is 2.05 bits per heavy atom. The highest BCUT2D eigenvalue weighted by molar-refractivity contribution is 9.10. The third-order valence-electron chi connectivity index (χ3n) is 2.56. The number of nitrogens with zero attached hydrogens (tertiary/aromatic N) is 1. The Morgan fingerprint density at radius 1 is 1.21 bits per heavy atom. The summed E-state index contributed by atoms with van der Waals surface area (Å²) in [7, 11) is 0. The van der Waals surface area contributed by atoms with Crippen molar-refractivity contribution in [3.8, 4) is 5.88 Å². The van der Waals surface area contributed by atoms with E-state index in [4.69, 9.17) is 4.74 Å². The summed E-state index contributed by atoms with van der Waals surface area (Å²) in [5, 5.41) is 3.24. The van der Waals surface area contributed by atoms with Gasteiger partial charge < -0.3 is 10.1 Å². The fourth-order valence-corrected chi connectivity index (χ4v) is 2.08. The molecule has 0 unspecified atom stereocenters. The van der Waals surface area contributed by atoms with Crippen molar-refractivity contribution in [3.63, 3.8) is 0 Å². The van der Waals surface area contributed by atoms with Gasteiger partial charge in [0.15, 0.2) is 0 Å². The number of halogens is 1. The Labute approximate surface area is 122 Å². The molecule has 19 heavy (non-hydrogen) atoms. The number of pyridine rings is 1. The highest BCUT2D eigenvalue weighted by Gasteiger charge is 2.00. The van der Waals surface area contributed by atoms with E-state index in [1.165, 1.54) is 0 Å². The zero-order chi connectivity index (χ0) is 13.5. The van der Waals surface area contributed by atoms with Gasteiger partial charge in [0.1, 0.15) is 12.4 Å². The van der Waals surface area contributed by atoms with E-state index < -0.39 is 0 Å². The van der Waals surface area contributed by atoms with Crippen LogP contribution in [0, 0.1) is 0 Å². The maximum absolute atomic E-state index is 5.70. The second-order valence-electron chi connectivity index (χ2n) is 4.21. The van der Waals surface area contributed by atoms with Crippen molar-refractivity contribution in [2.75, 3.05) is 11.9 Å². The molecule has 3 nitrogen and oxygen atoms in total. The van der Waals surface area contributed by atoms with Gasteiger partial charge in [-0.05, 0) is 30.2 Å². The van der Waals surface area contributed by atoms with Gasteiger partial charge in [-0.3, -0.25) is 0 Å². The van der Waals surface area contributed by atoms with Crippen LogP contribution in [0.25, 0.3) is 0 Å². The SMILES string of the molecule is CCCNc1cccc(OCc2cccc(Br)c2)n1. The highest BCUT2D eigenvalue weighted by Crippen LogP contribution is 2.15. The quantitative estimate of drug-likeness (QED) is 0.864. The third-order valence-corrected chi connectivity index (χ3v) is 3.05. The molecule has 1 aromatic carbocycles. The molecule has 100 valence electrons. The monoisotopic (exact) mass is 320 g/mol. The van der Waals surface area contributed by atoms with Crippen molar-refractivity contribution in [2.45, 2.75) is 20.0 Å². The number of anilines is 1. The van der Waals surface area contributed by atoms with Crippen LogP contribution in [-0.4, -0.2) is 11.5 Å². The molecule has 0 bridgehead atoms. The predicted octanol–water partition coefficient (Wildman–Crippen LogP) is 4.25. The fraction of sp³-hybridized carbons (Fsp3) is 0.267. The molecule has 0 saturated carbocycles. The summed E-state index contributed by atoms with van der Waals surface area (Å²) in [6, 6.07) is 13.8. The molecule has 0 spiro atoms. The van der Waals surface area contributed by atoms with Crippen molar-refractivity contribution in [3.05, 3.63) is 52.5 Å². The molecule has 0 amide bonds. The summed E-state index contributed by atoms with van der Waals surface area (Å²) < 4.78 is 6.75. The molecular weight excluding hydrogens is 304 g/mol. The molecule has 0 aliphatic heterocycles. The molecule has 0 radical (unpaired) electrons. The van der Waals surface area contributed by atoms with Crippen molar-refractivity contribution in [1.29, 1.82) is 0 Å². The predicted molar refractivity (Wildman–Crippen MR) is 81.5 cm³/mol. The number of hydrogen-bond donors (Lipinski definition) is 1. The minimum atomic E-state index is 0.518. The van der Waals surface area contributed by atoms with Crippen LogP contribution in [0.15, 0.2) is 46.9 Å². The molecule has 0 fully saturated rings. The fourth-order valence-electron chi connectivity index (χ4n) is 1.63. The largest absolute Gasteiger partial charge is 0.473 e. The zero-order valence-corrected chi connectivity index (χ0v) is 12.5. The van der Waals surface area contributed by atoms with E-state index in [2.05, 4.69) is 33.2 Å². The molecule has 2 rings (SSSR count). The van der Waals surface area contributed by atoms with E-state index in [-0.39, 0.29) is 0 Å². The average Bonchev–Trinajstić information content (AvgIpc) is 2.43. The molecule has 1 heterocycles. The summed E-state index contributed by atoms with van der Waals surface area (Å²) in [5.41, 5.74) is 1.11. The van der Waals surface area contributed by atoms with E-state index in [1.807, 2.05) is 42.5 Å². The molecule has 1 N–H and O–H groups in total. The molecule has 1 aromatic heterocycles. The van der Waals surface area contributed by atoms with Crippen LogP contribution >= 0.6 is 15.9 Å². The summed E-state index contributed by atoms with van der Waals surface area (Å²) in [6.45, 7) is 3.56. The maximum atomic E-state index is 5.70. The second-order valence-corrected chi connectivity index (χ2v) is 5.12. The van der Waals surface area contributed by atoms with Gasteiger partial charge in [0.25, 0.3) is 0 Å². The first-order valence-corrected chi connectivity index (χ1v) is 7.15. The topological polar surface area (TPSA) is 34.1 Å². The third kappa shape index (κ3) is 4.56. The minimum absolute atomic E-state index is 0.518.